The van der Waals surface area contributed by atoms with Crippen molar-refractivity contribution in [2.75, 3.05) is 11.3 Å². The van der Waals surface area contributed by atoms with Crippen molar-refractivity contribution in [2.24, 2.45) is 0 Å². The fourth-order valence-corrected chi connectivity index (χ4v) is 3.05. The number of hydrogen-bond acceptors (Lipinski definition) is 4. The highest BCUT2D eigenvalue weighted by molar-refractivity contribution is 7.92. The monoisotopic (exact) mass is 339 g/mol. The second kappa shape index (κ2) is 6.66. The lowest BCUT2D eigenvalue weighted by Gasteiger charge is -2.13. The van der Waals surface area contributed by atoms with Crippen LogP contribution in [0.4, 0.5) is 10.1 Å². The third kappa shape index (κ3) is 3.78. The summed E-state index contributed by atoms with van der Waals surface area (Å²) in [5.41, 5.74) is -0.195. The first-order chi connectivity index (χ1) is 10.8. The van der Waals surface area contributed by atoms with E-state index >= 15 is 0 Å². The standard InChI is InChI=1S/C15H14FNO5S/c1-2-22-13-6-4-3-5-12(13)17-23(20,21)14-9-10(15(18)19)7-8-11(14)16/h3-9,17H,2H2,1H3,(H,18,19). The minimum atomic E-state index is -4.31. The van der Waals surface area contributed by atoms with Gasteiger partial charge in [0, 0.05) is 0 Å². The maximum atomic E-state index is 13.8. The zero-order valence-corrected chi connectivity index (χ0v) is 12.9. The van der Waals surface area contributed by atoms with E-state index in [1.54, 1.807) is 25.1 Å². The first kappa shape index (κ1) is 16.8. The van der Waals surface area contributed by atoms with Gasteiger partial charge in [-0.05, 0) is 37.3 Å². The van der Waals surface area contributed by atoms with Crippen LogP contribution in [0, 0.1) is 5.82 Å². The molecule has 8 heteroatoms. The van der Waals surface area contributed by atoms with Crippen LogP contribution >= 0.6 is 0 Å². The number of carboxylic acid groups (broad SMARTS) is 1. The number of sulfonamides is 1. The Morgan fingerprint density at radius 2 is 1.96 bits per heavy atom. The largest absolute Gasteiger partial charge is 0.492 e. The van der Waals surface area contributed by atoms with Crippen molar-refractivity contribution >= 4 is 21.7 Å². The number of aromatic carboxylic acids is 1. The fourth-order valence-electron chi connectivity index (χ4n) is 1.87. The molecule has 0 unspecified atom stereocenters. The van der Waals surface area contributed by atoms with Gasteiger partial charge in [0.1, 0.15) is 16.5 Å². The fraction of sp³-hybridized carbons (Fsp3) is 0.133. The van der Waals surface area contributed by atoms with Gasteiger partial charge in [-0.3, -0.25) is 4.72 Å². The molecular formula is C15H14FNO5S. The molecule has 2 aromatic carbocycles. The Hall–Kier alpha value is -2.61. The molecule has 0 radical (unpaired) electrons. The van der Waals surface area contributed by atoms with Crippen molar-refractivity contribution in [3.05, 3.63) is 53.8 Å². The Balaban J connectivity index is 2.44. The third-order valence-electron chi connectivity index (χ3n) is 2.90. The Bertz CT molecular complexity index is 836. The number of para-hydroxylation sites is 2. The van der Waals surface area contributed by atoms with Gasteiger partial charge in [0.15, 0.2) is 0 Å². The number of carbonyl (C=O) groups is 1. The zero-order valence-electron chi connectivity index (χ0n) is 12.1. The molecule has 0 saturated carbocycles. The first-order valence-corrected chi connectivity index (χ1v) is 8.11. The van der Waals surface area contributed by atoms with Crippen molar-refractivity contribution in [3.8, 4) is 5.75 Å². The van der Waals surface area contributed by atoms with Gasteiger partial charge in [-0.2, -0.15) is 0 Å². The highest BCUT2D eigenvalue weighted by Crippen LogP contribution is 2.27. The second-order valence-electron chi connectivity index (χ2n) is 4.49. The zero-order chi connectivity index (χ0) is 17.0. The summed E-state index contributed by atoms with van der Waals surface area (Å²) in [4.78, 5) is 10.2. The predicted octanol–water partition coefficient (Wildman–Crippen LogP) is 2.72. The summed E-state index contributed by atoms with van der Waals surface area (Å²) in [6, 6.07) is 8.83. The number of carboxylic acids is 1. The molecule has 23 heavy (non-hydrogen) atoms. The van der Waals surface area contributed by atoms with Gasteiger partial charge in [0.05, 0.1) is 17.9 Å². The normalized spacial score (nSPS) is 11.0. The molecular weight excluding hydrogens is 325 g/mol. The summed E-state index contributed by atoms with van der Waals surface area (Å²) in [6.07, 6.45) is 0. The average molecular weight is 339 g/mol. The van der Waals surface area contributed by atoms with Crippen LogP contribution in [0.2, 0.25) is 0 Å². The summed E-state index contributed by atoms with van der Waals surface area (Å²) in [6.45, 7) is 2.06. The molecule has 0 atom stereocenters. The van der Waals surface area contributed by atoms with Crippen LogP contribution < -0.4 is 9.46 Å². The van der Waals surface area contributed by atoms with E-state index in [1.807, 2.05) is 0 Å². The van der Waals surface area contributed by atoms with Gasteiger partial charge < -0.3 is 9.84 Å². The number of hydrogen-bond donors (Lipinski definition) is 2. The summed E-state index contributed by atoms with van der Waals surface area (Å²) in [5.74, 6) is -2.11. The van der Waals surface area contributed by atoms with E-state index in [0.717, 1.165) is 18.2 Å². The van der Waals surface area contributed by atoms with Gasteiger partial charge in [0.2, 0.25) is 0 Å². The Kier molecular flexibility index (Phi) is 4.85. The van der Waals surface area contributed by atoms with Gasteiger partial charge in [-0.25, -0.2) is 17.6 Å². The summed E-state index contributed by atoms with van der Waals surface area (Å²) < 4.78 is 46.1. The first-order valence-electron chi connectivity index (χ1n) is 6.62. The average Bonchev–Trinajstić information content (AvgIpc) is 2.49. The number of benzene rings is 2. The van der Waals surface area contributed by atoms with E-state index in [1.165, 1.54) is 6.07 Å². The minimum Gasteiger partial charge on any atom is -0.492 e. The maximum Gasteiger partial charge on any atom is 0.335 e. The Morgan fingerprint density at radius 3 is 2.61 bits per heavy atom. The molecule has 0 fully saturated rings. The van der Waals surface area contributed by atoms with Gasteiger partial charge >= 0.3 is 5.97 Å². The van der Waals surface area contributed by atoms with Crippen molar-refractivity contribution in [3.63, 3.8) is 0 Å². The molecule has 0 spiro atoms. The number of ether oxygens (including phenoxy) is 1. The highest BCUT2D eigenvalue weighted by Gasteiger charge is 2.22. The lowest BCUT2D eigenvalue weighted by Crippen LogP contribution is -2.16. The minimum absolute atomic E-state index is 0.134. The summed E-state index contributed by atoms with van der Waals surface area (Å²) in [5, 5.41) is 8.91. The van der Waals surface area contributed by atoms with Crippen molar-refractivity contribution in [1.82, 2.24) is 0 Å². The molecule has 0 aliphatic heterocycles. The molecule has 0 heterocycles. The molecule has 0 amide bonds. The van der Waals surface area contributed by atoms with E-state index in [2.05, 4.69) is 4.72 Å². The molecule has 0 aromatic heterocycles. The topological polar surface area (TPSA) is 92.7 Å². The SMILES string of the molecule is CCOc1ccccc1NS(=O)(=O)c1cc(C(=O)O)ccc1F. The van der Waals surface area contributed by atoms with Gasteiger partial charge in [-0.1, -0.05) is 12.1 Å². The van der Waals surface area contributed by atoms with Crippen molar-refractivity contribution < 1.29 is 27.4 Å². The van der Waals surface area contributed by atoms with Gasteiger partial charge in [-0.15, -0.1) is 0 Å². The quantitative estimate of drug-likeness (QED) is 0.844. The lowest BCUT2D eigenvalue weighted by atomic mass is 10.2. The van der Waals surface area contributed by atoms with E-state index in [9.17, 15) is 17.6 Å². The van der Waals surface area contributed by atoms with Crippen LogP contribution in [0.25, 0.3) is 0 Å². The summed E-state index contributed by atoms with van der Waals surface area (Å²) >= 11 is 0. The smallest absolute Gasteiger partial charge is 0.335 e. The van der Waals surface area contributed by atoms with Crippen LogP contribution in [0.15, 0.2) is 47.4 Å². The molecule has 0 aliphatic carbocycles. The summed E-state index contributed by atoms with van der Waals surface area (Å²) in [7, 11) is -4.31. The van der Waals surface area contributed by atoms with Crippen molar-refractivity contribution in [2.45, 2.75) is 11.8 Å². The van der Waals surface area contributed by atoms with Crippen LogP contribution in [0.1, 0.15) is 17.3 Å². The molecule has 6 nitrogen and oxygen atoms in total. The molecule has 2 aromatic rings. The number of rotatable bonds is 6. The molecule has 0 aliphatic rings. The molecule has 2 N–H and O–H groups in total. The van der Waals surface area contributed by atoms with E-state index in [4.69, 9.17) is 9.84 Å². The van der Waals surface area contributed by atoms with Crippen LogP contribution in [0.5, 0.6) is 5.75 Å². The Morgan fingerprint density at radius 1 is 1.26 bits per heavy atom. The van der Waals surface area contributed by atoms with E-state index in [-0.39, 0.29) is 17.0 Å². The Labute approximate surface area is 132 Å². The molecule has 122 valence electrons. The number of halogens is 1. The predicted molar refractivity (Wildman–Crippen MR) is 81.8 cm³/mol. The highest BCUT2D eigenvalue weighted by atomic mass is 32.2. The third-order valence-corrected chi connectivity index (χ3v) is 4.28. The lowest BCUT2D eigenvalue weighted by molar-refractivity contribution is 0.0696. The molecule has 0 bridgehead atoms. The van der Waals surface area contributed by atoms with Crippen LogP contribution in [-0.2, 0) is 10.0 Å². The van der Waals surface area contributed by atoms with E-state index < -0.39 is 26.7 Å². The van der Waals surface area contributed by atoms with Crippen molar-refractivity contribution in [1.29, 1.82) is 0 Å². The molecule has 2 rings (SSSR count). The number of anilines is 1. The maximum absolute atomic E-state index is 13.8. The van der Waals surface area contributed by atoms with E-state index in [0.29, 0.717) is 6.61 Å². The molecule has 0 saturated heterocycles. The van der Waals surface area contributed by atoms with Crippen LogP contribution in [0.3, 0.4) is 0 Å². The van der Waals surface area contributed by atoms with Crippen LogP contribution in [-0.4, -0.2) is 26.1 Å². The number of nitrogens with one attached hydrogen (secondary N) is 1. The second-order valence-corrected chi connectivity index (χ2v) is 6.14. The van der Waals surface area contributed by atoms with Gasteiger partial charge in [0.25, 0.3) is 10.0 Å².